The van der Waals surface area contributed by atoms with Gasteiger partial charge < -0.3 is 9.88 Å². The Hall–Kier alpha value is -1.84. The number of amides is 1. The summed E-state index contributed by atoms with van der Waals surface area (Å²) < 4.78 is 0. The first-order chi connectivity index (χ1) is 10.3. The number of carbonyl (C=O) groups excluding carboxylic acids is 1. The van der Waals surface area contributed by atoms with Crippen LogP contribution in [0.4, 0.5) is 0 Å². The van der Waals surface area contributed by atoms with E-state index >= 15 is 0 Å². The Morgan fingerprint density at radius 1 is 1.14 bits per heavy atom. The zero-order valence-electron chi connectivity index (χ0n) is 14.5. The first kappa shape index (κ1) is 16.5. The van der Waals surface area contributed by atoms with Crippen molar-refractivity contribution in [1.82, 2.24) is 14.9 Å². The molecule has 22 heavy (non-hydrogen) atoms. The Balaban J connectivity index is 2.10. The molecule has 120 valence electrons. The van der Waals surface area contributed by atoms with Gasteiger partial charge in [0.25, 0.3) is 0 Å². The summed E-state index contributed by atoms with van der Waals surface area (Å²) in [5, 5.41) is 0. The minimum Gasteiger partial charge on any atom is -0.342 e. The number of aryl methyl sites for hydroxylation is 3. The number of carbonyl (C=O) groups is 1. The molecule has 1 aromatic carbocycles. The van der Waals surface area contributed by atoms with Gasteiger partial charge in [-0.3, -0.25) is 4.79 Å². The summed E-state index contributed by atoms with van der Waals surface area (Å²) in [6.07, 6.45) is 1.15. The van der Waals surface area contributed by atoms with E-state index in [-0.39, 0.29) is 18.0 Å². The Labute approximate surface area is 132 Å². The number of nitrogens with one attached hydrogen (secondary N) is 1. The maximum absolute atomic E-state index is 12.4. The van der Waals surface area contributed by atoms with Crippen molar-refractivity contribution in [2.24, 2.45) is 0 Å². The van der Waals surface area contributed by atoms with Crippen molar-refractivity contribution in [3.63, 3.8) is 0 Å². The van der Waals surface area contributed by atoms with Crippen molar-refractivity contribution in [2.45, 2.75) is 66.5 Å². The van der Waals surface area contributed by atoms with Crippen LogP contribution in [0.5, 0.6) is 0 Å². The maximum Gasteiger partial charge on any atom is 0.223 e. The molecule has 2 aromatic rings. The van der Waals surface area contributed by atoms with Crippen LogP contribution in [0.1, 0.15) is 51.1 Å². The lowest BCUT2D eigenvalue weighted by Crippen LogP contribution is -2.42. The van der Waals surface area contributed by atoms with Gasteiger partial charge in [0.2, 0.25) is 5.91 Å². The molecule has 0 spiro atoms. The van der Waals surface area contributed by atoms with Crippen LogP contribution in [0.15, 0.2) is 12.1 Å². The third-order valence-corrected chi connectivity index (χ3v) is 4.12. The van der Waals surface area contributed by atoms with E-state index in [2.05, 4.69) is 63.6 Å². The quantitative estimate of drug-likeness (QED) is 0.914. The Morgan fingerprint density at radius 3 is 2.32 bits per heavy atom. The molecule has 2 rings (SSSR count). The molecule has 0 aliphatic carbocycles. The highest BCUT2D eigenvalue weighted by Crippen LogP contribution is 2.18. The number of H-pyrrole nitrogens is 1. The molecule has 0 saturated carbocycles. The average Bonchev–Trinajstić information content (AvgIpc) is 2.78. The van der Waals surface area contributed by atoms with E-state index in [4.69, 9.17) is 0 Å². The maximum atomic E-state index is 12.4. The van der Waals surface area contributed by atoms with Gasteiger partial charge in [0.05, 0.1) is 11.0 Å². The van der Waals surface area contributed by atoms with Crippen molar-refractivity contribution in [3.05, 3.63) is 29.1 Å². The highest BCUT2D eigenvalue weighted by Gasteiger charge is 2.20. The molecule has 0 bridgehead atoms. The van der Waals surface area contributed by atoms with Gasteiger partial charge in [-0.2, -0.15) is 0 Å². The lowest BCUT2D eigenvalue weighted by Gasteiger charge is -2.30. The molecule has 1 aromatic heterocycles. The fourth-order valence-corrected chi connectivity index (χ4v) is 2.97. The van der Waals surface area contributed by atoms with Crippen LogP contribution in [0.2, 0.25) is 0 Å². The predicted molar refractivity (Wildman–Crippen MR) is 91.0 cm³/mol. The van der Waals surface area contributed by atoms with Crippen LogP contribution in [0.3, 0.4) is 0 Å². The number of imidazole rings is 1. The SMILES string of the molecule is Cc1cc2nc(CCC(=O)N(C(C)C)C(C)C)[nH]c2cc1C. The van der Waals surface area contributed by atoms with E-state index in [1.165, 1.54) is 11.1 Å². The highest BCUT2D eigenvalue weighted by atomic mass is 16.2. The van der Waals surface area contributed by atoms with E-state index in [1.54, 1.807) is 0 Å². The first-order valence-corrected chi connectivity index (χ1v) is 8.06. The van der Waals surface area contributed by atoms with Crippen molar-refractivity contribution in [1.29, 1.82) is 0 Å². The molecule has 0 atom stereocenters. The topological polar surface area (TPSA) is 49.0 Å². The van der Waals surface area contributed by atoms with Gasteiger partial charge in [-0.05, 0) is 64.8 Å². The molecule has 0 radical (unpaired) electrons. The predicted octanol–water partition coefficient (Wildman–Crippen LogP) is 3.76. The fourth-order valence-electron chi connectivity index (χ4n) is 2.97. The zero-order chi connectivity index (χ0) is 16.4. The van der Waals surface area contributed by atoms with Crippen LogP contribution in [0, 0.1) is 13.8 Å². The normalized spacial score (nSPS) is 11.6. The summed E-state index contributed by atoms with van der Waals surface area (Å²) >= 11 is 0. The van der Waals surface area contributed by atoms with Gasteiger partial charge in [0.15, 0.2) is 0 Å². The molecular formula is C18H27N3O. The third-order valence-electron chi connectivity index (χ3n) is 4.12. The molecule has 0 aliphatic rings. The largest absolute Gasteiger partial charge is 0.342 e. The molecular weight excluding hydrogens is 274 g/mol. The fraction of sp³-hybridized carbons (Fsp3) is 0.556. The van der Waals surface area contributed by atoms with E-state index in [0.717, 1.165) is 16.9 Å². The Kier molecular flexibility index (Phi) is 4.89. The summed E-state index contributed by atoms with van der Waals surface area (Å²) in [5.41, 5.74) is 4.53. The minimum atomic E-state index is 0.192. The van der Waals surface area contributed by atoms with Crippen LogP contribution < -0.4 is 0 Å². The summed E-state index contributed by atoms with van der Waals surface area (Å²) in [7, 11) is 0. The summed E-state index contributed by atoms with van der Waals surface area (Å²) in [4.78, 5) is 22.3. The van der Waals surface area contributed by atoms with Gasteiger partial charge >= 0.3 is 0 Å². The second-order valence-corrected chi connectivity index (χ2v) is 6.63. The molecule has 0 fully saturated rings. The van der Waals surface area contributed by atoms with E-state index < -0.39 is 0 Å². The van der Waals surface area contributed by atoms with Crippen molar-refractivity contribution in [2.75, 3.05) is 0 Å². The van der Waals surface area contributed by atoms with Crippen LogP contribution in [-0.2, 0) is 11.2 Å². The second kappa shape index (κ2) is 6.51. The molecule has 0 saturated heterocycles. The van der Waals surface area contributed by atoms with E-state index in [1.807, 2.05) is 4.90 Å². The highest BCUT2D eigenvalue weighted by molar-refractivity contribution is 5.78. The molecule has 1 amide bonds. The van der Waals surface area contributed by atoms with Gasteiger partial charge in [-0.25, -0.2) is 4.98 Å². The number of aromatic amines is 1. The smallest absolute Gasteiger partial charge is 0.223 e. The van der Waals surface area contributed by atoms with Gasteiger partial charge in [-0.1, -0.05) is 0 Å². The molecule has 0 aliphatic heterocycles. The average molecular weight is 301 g/mol. The van der Waals surface area contributed by atoms with Crippen LogP contribution >= 0.6 is 0 Å². The second-order valence-electron chi connectivity index (χ2n) is 6.63. The number of hydrogen-bond donors (Lipinski definition) is 1. The Bertz CT molecular complexity index is 623. The van der Waals surface area contributed by atoms with Crippen molar-refractivity contribution < 1.29 is 4.79 Å². The molecule has 1 heterocycles. The van der Waals surface area contributed by atoms with E-state index in [0.29, 0.717) is 12.8 Å². The lowest BCUT2D eigenvalue weighted by atomic mass is 10.1. The molecule has 0 unspecified atom stereocenters. The Morgan fingerprint density at radius 2 is 1.73 bits per heavy atom. The van der Waals surface area contributed by atoms with E-state index in [9.17, 15) is 4.79 Å². The summed E-state index contributed by atoms with van der Waals surface area (Å²) in [6, 6.07) is 4.68. The van der Waals surface area contributed by atoms with Crippen LogP contribution in [-0.4, -0.2) is 32.9 Å². The number of hydrogen-bond acceptors (Lipinski definition) is 2. The van der Waals surface area contributed by atoms with Gasteiger partial charge in [-0.15, -0.1) is 0 Å². The van der Waals surface area contributed by atoms with Crippen molar-refractivity contribution >= 4 is 16.9 Å². The molecule has 1 N–H and O–H groups in total. The third kappa shape index (κ3) is 3.49. The van der Waals surface area contributed by atoms with Crippen molar-refractivity contribution in [3.8, 4) is 0 Å². The molecule has 4 heteroatoms. The number of benzene rings is 1. The first-order valence-electron chi connectivity index (χ1n) is 8.06. The lowest BCUT2D eigenvalue weighted by molar-refractivity contribution is -0.134. The number of fused-ring (bicyclic) bond motifs is 1. The summed E-state index contributed by atoms with van der Waals surface area (Å²) in [6.45, 7) is 12.4. The van der Waals surface area contributed by atoms with Gasteiger partial charge in [0, 0.05) is 24.9 Å². The standard InChI is InChI=1S/C18H27N3O/c1-11(2)21(12(3)4)18(22)8-7-17-19-15-9-13(5)14(6)10-16(15)20-17/h9-12H,7-8H2,1-6H3,(H,19,20). The number of aromatic nitrogens is 2. The number of rotatable bonds is 5. The van der Waals surface area contributed by atoms with Gasteiger partial charge in [0.1, 0.15) is 5.82 Å². The monoisotopic (exact) mass is 301 g/mol. The molecule has 4 nitrogen and oxygen atoms in total. The van der Waals surface area contributed by atoms with Crippen LogP contribution in [0.25, 0.3) is 11.0 Å². The zero-order valence-corrected chi connectivity index (χ0v) is 14.5. The minimum absolute atomic E-state index is 0.192. The summed E-state index contributed by atoms with van der Waals surface area (Å²) in [5.74, 6) is 1.08. The number of nitrogens with zero attached hydrogens (tertiary/aromatic N) is 2.